The predicted molar refractivity (Wildman–Crippen MR) is 142 cm³/mol. The van der Waals surface area contributed by atoms with Crippen LogP contribution in [0.25, 0.3) is 0 Å². The Labute approximate surface area is 244 Å². The van der Waals surface area contributed by atoms with Crippen molar-refractivity contribution in [3.05, 3.63) is 0 Å². The number of unbranched alkanes of at least 4 members (excludes halogenated alkanes) is 2. The zero-order chi connectivity index (χ0) is 32.2. The van der Waals surface area contributed by atoms with Gasteiger partial charge in [-0.25, -0.2) is 9.13 Å². The Balaban J connectivity index is 4.78. The Morgan fingerprint density at radius 3 is 1.60 bits per heavy atom. The minimum Gasteiger partial charge on any atom is -0.462 e. The maximum absolute atomic E-state index is 12.2. The fourth-order valence-electron chi connectivity index (χ4n) is 2.74. The molecule has 0 aromatic heterocycles. The first-order chi connectivity index (χ1) is 19.6. The summed E-state index contributed by atoms with van der Waals surface area (Å²) in [7, 11) is -9.68. The topological polar surface area (TPSA) is 237 Å². The molecule has 5 atom stereocenters. The second-order valence-corrected chi connectivity index (χ2v) is 11.7. The van der Waals surface area contributed by atoms with Crippen molar-refractivity contribution in [2.24, 2.45) is 0 Å². The minimum absolute atomic E-state index is 0.0851. The van der Waals surface area contributed by atoms with E-state index in [9.17, 15) is 43.2 Å². The third-order valence-electron chi connectivity index (χ3n) is 4.68. The van der Waals surface area contributed by atoms with Crippen LogP contribution in [-0.4, -0.2) is 96.7 Å². The number of carbonyl (C=O) groups is 4. The normalized spacial score (nSPS) is 16.3. The van der Waals surface area contributed by atoms with E-state index in [0.29, 0.717) is 12.8 Å². The van der Waals surface area contributed by atoms with Crippen LogP contribution in [0.5, 0.6) is 0 Å². The predicted octanol–water partition coefficient (Wildman–Crippen LogP) is 1.94. The summed E-state index contributed by atoms with van der Waals surface area (Å²) in [5.74, 6) is -2.65. The highest BCUT2D eigenvalue weighted by Crippen LogP contribution is 2.45. The maximum Gasteiger partial charge on any atom is 0.472 e. The average molecular weight is 653 g/mol. The van der Waals surface area contributed by atoms with Gasteiger partial charge in [-0.1, -0.05) is 26.7 Å². The highest BCUT2D eigenvalue weighted by atomic mass is 31.2. The zero-order valence-corrected chi connectivity index (χ0v) is 26.0. The molecule has 0 saturated heterocycles. The third kappa shape index (κ3) is 22.6. The molecule has 0 rings (SSSR count). The van der Waals surface area contributed by atoms with Crippen LogP contribution in [0.2, 0.25) is 0 Å². The third-order valence-corrected chi connectivity index (χ3v) is 6.58. The summed E-state index contributed by atoms with van der Waals surface area (Å²) in [5, 5.41) is 9.93. The van der Waals surface area contributed by atoms with Gasteiger partial charge in [0.25, 0.3) is 0 Å². The molecule has 0 radical (unpaired) electrons. The van der Waals surface area contributed by atoms with E-state index in [0.717, 1.165) is 26.7 Å². The SMILES string of the molecule is CCCCCC(=O)O[C@H](COC(=O)CCC)COP(=O)(O)OC[C@@H](O)COP(=O)(O)OC[C@@H](COC(C)=O)OC(C)=O. The van der Waals surface area contributed by atoms with Crippen molar-refractivity contribution in [2.75, 3.05) is 39.6 Å². The standard InChI is InChI=1S/C23H42O17P2/c1-5-7-8-10-23(28)40-21(14-34-22(27)9-6-2)16-38-42(31,32)36-12-19(26)11-35-41(29,30)37-15-20(39-18(4)25)13-33-17(3)24/h19-21,26H,5-16H2,1-4H3,(H,29,30)(H,31,32)/t19-,20+,21+/m0/s1. The van der Waals surface area contributed by atoms with Crippen molar-refractivity contribution >= 4 is 39.5 Å². The van der Waals surface area contributed by atoms with Gasteiger partial charge in [-0.3, -0.25) is 37.3 Å². The Morgan fingerprint density at radius 1 is 0.619 bits per heavy atom. The van der Waals surface area contributed by atoms with Gasteiger partial charge in [0.05, 0.1) is 26.4 Å². The van der Waals surface area contributed by atoms with E-state index in [1.807, 2.05) is 6.92 Å². The van der Waals surface area contributed by atoms with E-state index >= 15 is 0 Å². The molecule has 19 heteroatoms. The highest BCUT2D eigenvalue weighted by molar-refractivity contribution is 7.47. The fraction of sp³-hybridized carbons (Fsp3) is 0.826. The number of hydrogen-bond donors (Lipinski definition) is 3. The molecule has 0 spiro atoms. The van der Waals surface area contributed by atoms with Gasteiger partial charge >= 0.3 is 39.5 Å². The molecule has 0 bridgehead atoms. The summed E-state index contributed by atoms with van der Waals surface area (Å²) in [6.07, 6.45) is -1.22. The molecule has 0 aromatic rings. The smallest absolute Gasteiger partial charge is 0.462 e. The number of carbonyl (C=O) groups excluding carboxylic acids is 4. The molecular weight excluding hydrogens is 610 g/mol. The van der Waals surface area contributed by atoms with Crippen molar-refractivity contribution in [2.45, 2.75) is 84.5 Å². The van der Waals surface area contributed by atoms with Gasteiger partial charge in [0, 0.05) is 26.7 Å². The van der Waals surface area contributed by atoms with Gasteiger partial charge in [-0.05, 0) is 12.8 Å². The van der Waals surface area contributed by atoms with E-state index < -0.39 is 97.5 Å². The lowest BCUT2D eigenvalue weighted by molar-refractivity contribution is -0.161. The van der Waals surface area contributed by atoms with Gasteiger partial charge in [0.1, 0.15) is 19.3 Å². The molecule has 17 nitrogen and oxygen atoms in total. The zero-order valence-electron chi connectivity index (χ0n) is 24.2. The first-order valence-corrected chi connectivity index (χ1v) is 16.2. The van der Waals surface area contributed by atoms with Crippen molar-refractivity contribution < 1.29 is 80.2 Å². The van der Waals surface area contributed by atoms with Crippen molar-refractivity contribution in [3.63, 3.8) is 0 Å². The molecule has 0 fully saturated rings. The minimum atomic E-state index is -4.85. The largest absolute Gasteiger partial charge is 0.472 e. The van der Waals surface area contributed by atoms with Crippen molar-refractivity contribution in [3.8, 4) is 0 Å². The Bertz CT molecular complexity index is 927. The lowest BCUT2D eigenvalue weighted by Gasteiger charge is -2.21. The lowest BCUT2D eigenvalue weighted by atomic mass is 10.2. The summed E-state index contributed by atoms with van der Waals surface area (Å²) in [4.78, 5) is 65.5. The van der Waals surface area contributed by atoms with Crippen LogP contribution in [0.3, 0.4) is 0 Å². The van der Waals surface area contributed by atoms with Gasteiger partial charge < -0.3 is 33.8 Å². The van der Waals surface area contributed by atoms with Crippen LogP contribution in [0.15, 0.2) is 0 Å². The number of phosphoric ester groups is 2. The number of rotatable bonds is 24. The number of aliphatic hydroxyl groups is 1. The molecule has 0 saturated carbocycles. The lowest BCUT2D eigenvalue weighted by Crippen LogP contribution is -2.30. The summed E-state index contributed by atoms with van der Waals surface area (Å²) in [5.41, 5.74) is 0. The van der Waals surface area contributed by atoms with Crippen LogP contribution < -0.4 is 0 Å². The second-order valence-electron chi connectivity index (χ2n) is 8.81. The monoisotopic (exact) mass is 652 g/mol. The molecular formula is C23H42O17P2. The van der Waals surface area contributed by atoms with Crippen LogP contribution in [0.1, 0.15) is 66.2 Å². The molecule has 2 unspecified atom stereocenters. The van der Waals surface area contributed by atoms with Crippen molar-refractivity contribution in [1.29, 1.82) is 0 Å². The first kappa shape index (κ1) is 40.1. The highest BCUT2D eigenvalue weighted by Gasteiger charge is 2.29. The van der Waals surface area contributed by atoms with E-state index in [1.165, 1.54) is 0 Å². The molecule has 246 valence electrons. The maximum atomic E-state index is 12.2. The molecule has 3 N–H and O–H groups in total. The quantitative estimate of drug-likeness (QED) is 0.0584. The van der Waals surface area contributed by atoms with Crippen LogP contribution in [0.4, 0.5) is 0 Å². The van der Waals surface area contributed by atoms with Crippen LogP contribution in [-0.2, 0) is 65.4 Å². The summed E-state index contributed by atoms with van der Waals surface area (Å²) in [6, 6.07) is 0. The molecule has 42 heavy (non-hydrogen) atoms. The van der Waals surface area contributed by atoms with Crippen LogP contribution >= 0.6 is 15.6 Å². The van der Waals surface area contributed by atoms with Gasteiger partial charge in [0.15, 0.2) is 12.2 Å². The Kier molecular flexibility index (Phi) is 20.7. The van der Waals surface area contributed by atoms with E-state index in [1.54, 1.807) is 6.92 Å². The summed E-state index contributed by atoms with van der Waals surface area (Å²) in [6.45, 7) is 1.78. The van der Waals surface area contributed by atoms with E-state index in [-0.39, 0.29) is 12.8 Å². The molecule has 0 aliphatic heterocycles. The average Bonchev–Trinajstić information content (AvgIpc) is 2.89. The molecule has 0 amide bonds. The first-order valence-electron chi connectivity index (χ1n) is 13.2. The fourth-order valence-corrected chi connectivity index (χ4v) is 4.32. The molecule has 0 aliphatic carbocycles. The van der Waals surface area contributed by atoms with E-state index in [4.69, 9.17) is 18.7 Å². The molecule has 0 aromatic carbocycles. The van der Waals surface area contributed by atoms with Crippen molar-refractivity contribution in [1.82, 2.24) is 0 Å². The number of ether oxygens (including phenoxy) is 4. The second kappa shape index (κ2) is 21.7. The molecule has 0 aliphatic rings. The number of phosphoric acid groups is 2. The van der Waals surface area contributed by atoms with E-state index in [2.05, 4.69) is 18.3 Å². The van der Waals surface area contributed by atoms with Crippen LogP contribution in [0, 0.1) is 0 Å². The van der Waals surface area contributed by atoms with Gasteiger partial charge in [-0.15, -0.1) is 0 Å². The molecule has 0 heterocycles. The number of esters is 4. The van der Waals surface area contributed by atoms with Gasteiger partial charge in [-0.2, -0.15) is 0 Å². The number of aliphatic hydroxyl groups excluding tert-OH is 1. The summed E-state index contributed by atoms with van der Waals surface area (Å²) < 4.78 is 62.6. The number of hydrogen-bond acceptors (Lipinski definition) is 15. The Morgan fingerprint density at radius 2 is 1.12 bits per heavy atom. The Hall–Kier alpha value is -1.94. The van der Waals surface area contributed by atoms with Gasteiger partial charge in [0.2, 0.25) is 0 Å². The summed E-state index contributed by atoms with van der Waals surface area (Å²) >= 11 is 0.